The van der Waals surface area contributed by atoms with Crippen molar-refractivity contribution in [3.8, 4) is 11.1 Å². The number of aryl methyl sites for hydroxylation is 2. The molecule has 0 aliphatic heterocycles. The average Bonchev–Trinajstić information content (AvgIpc) is 3.35. The maximum absolute atomic E-state index is 13.1. The molecule has 0 aliphatic carbocycles. The Hall–Kier alpha value is -3.97. The van der Waals surface area contributed by atoms with Crippen molar-refractivity contribution >= 4 is 43.0 Å². The smallest absolute Gasteiger partial charge is 0.421 e. The molecular formula is C32H41N5O6S2. The number of imidazole rings is 1. The molecule has 0 saturated heterocycles. The van der Waals surface area contributed by atoms with E-state index in [1.54, 1.807) is 24.4 Å². The van der Waals surface area contributed by atoms with Crippen LogP contribution in [0.1, 0.15) is 69.8 Å². The molecule has 0 unspecified atom stereocenters. The highest BCUT2D eigenvalue weighted by atomic mass is 32.2. The molecular weight excluding hydrogens is 615 g/mol. The zero-order valence-corrected chi connectivity index (χ0v) is 27.8. The summed E-state index contributed by atoms with van der Waals surface area (Å²) in [5.41, 5.74) is 4.49. The van der Waals surface area contributed by atoms with Gasteiger partial charge in [0.1, 0.15) is 11.3 Å². The molecule has 45 heavy (non-hydrogen) atoms. The lowest BCUT2D eigenvalue weighted by Gasteiger charge is -2.13. The van der Waals surface area contributed by atoms with E-state index in [0.717, 1.165) is 30.7 Å². The highest BCUT2D eigenvalue weighted by molar-refractivity contribution is 7.92. The minimum absolute atomic E-state index is 0.0307. The second kappa shape index (κ2) is 14.9. The number of sulfonamides is 2. The first-order chi connectivity index (χ1) is 21.5. The van der Waals surface area contributed by atoms with Crippen molar-refractivity contribution in [1.29, 1.82) is 0 Å². The maximum atomic E-state index is 13.1. The normalized spacial score (nSPS) is 11.9. The Balaban J connectivity index is 1.60. The summed E-state index contributed by atoms with van der Waals surface area (Å²) >= 11 is 0. The van der Waals surface area contributed by atoms with Gasteiger partial charge < -0.3 is 9.30 Å². The fourth-order valence-electron chi connectivity index (χ4n) is 4.87. The number of hydrogen-bond acceptors (Lipinski definition) is 8. The maximum Gasteiger partial charge on any atom is 0.421 e. The van der Waals surface area contributed by atoms with Crippen LogP contribution < -0.4 is 9.44 Å². The average molecular weight is 656 g/mol. The minimum atomic E-state index is -4.17. The molecule has 0 radical (unpaired) electrons. The van der Waals surface area contributed by atoms with Gasteiger partial charge in [-0.05, 0) is 43.4 Å². The molecule has 0 saturated carbocycles. The minimum Gasteiger partial charge on any atom is -0.449 e. The lowest BCUT2D eigenvalue weighted by Crippen LogP contribution is -2.31. The van der Waals surface area contributed by atoms with Gasteiger partial charge in [0, 0.05) is 17.5 Å². The summed E-state index contributed by atoms with van der Waals surface area (Å²) in [7, 11) is -7.66. The Morgan fingerprint density at radius 3 is 2.33 bits per heavy atom. The molecule has 4 rings (SSSR count). The van der Waals surface area contributed by atoms with Crippen molar-refractivity contribution in [2.24, 2.45) is 0 Å². The van der Waals surface area contributed by atoms with E-state index < -0.39 is 26.1 Å². The molecule has 13 heteroatoms. The number of anilines is 1. The Bertz CT molecular complexity index is 1850. The van der Waals surface area contributed by atoms with E-state index in [9.17, 15) is 21.6 Å². The lowest BCUT2D eigenvalue weighted by molar-refractivity contribution is 0.151. The van der Waals surface area contributed by atoms with Gasteiger partial charge in [-0.1, -0.05) is 76.1 Å². The Labute approximate surface area is 265 Å². The topological polar surface area (TPSA) is 149 Å². The zero-order chi connectivity index (χ0) is 32.6. The van der Waals surface area contributed by atoms with Crippen LogP contribution in [0.4, 0.5) is 10.5 Å². The third-order valence-corrected chi connectivity index (χ3v) is 10.1. The van der Waals surface area contributed by atoms with Crippen molar-refractivity contribution in [3.05, 3.63) is 71.7 Å². The summed E-state index contributed by atoms with van der Waals surface area (Å²) in [4.78, 5) is 21.5. The van der Waals surface area contributed by atoms with Gasteiger partial charge in [0.15, 0.2) is 5.65 Å². The summed E-state index contributed by atoms with van der Waals surface area (Å²) in [6.07, 6.45) is 4.93. The number of nitrogens with zero attached hydrogens (tertiary/aromatic N) is 3. The van der Waals surface area contributed by atoms with Crippen LogP contribution in [0.25, 0.3) is 22.3 Å². The summed E-state index contributed by atoms with van der Waals surface area (Å²) in [6, 6.07) is 14.0. The van der Waals surface area contributed by atoms with Gasteiger partial charge in [-0.25, -0.2) is 36.3 Å². The number of pyridine rings is 1. The van der Waals surface area contributed by atoms with Crippen LogP contribution in [0.2, 0.25) is 0 Å². The predicted octanol–water partition coefficient (Wildman–Crippen LogP) is 6.16. The molecule has 0 aliphatic rings. The van der Waals surface area contributed by atoms with E-state index in [1.807, 2.05) is 54.3 Å². The van der Waals surface area contributed by atoms with Crippen LogP contribution in [-0.4, -0.2) is 49.8 Å². The first-order valence-electron chi connectivity index (χ1n) is 15.2. The first-order valence-corrected chi connectivity index (χ1v) is 18.4. The number of ether oxygens (including phenoxy) is 1. The first kappa shape index (κ1) is 33.9. The number of nitrogens with one attached hydrogen (secondary N) is 2. The highest BCUT2D eigenvalue weighted by Gasteiger charge is 2.23. The van der Waals surface area contributed by atoms with E-state index in [0.29, 0.717) is 59.3 Å². The number of carbonyl (C=O) groups excluding carboxylic acids is 1. The van der Waals surface area contributed by atoms with Gasteiger partial charge in [-0.15, -0.1) is 0 Å². The third kappa shape index (κ3) is 8.40. The Kier molecular flexibility index (Phi) is 11.2. The summed E-state index contributed by atoms with van der Waals surface area (Å²) in [6.45, 7) is 8.40. The van der Waals surface area contributed by atoms with Gasteiger partial charge >= 0.3 is 6.09 Å². The van der Waals surface area contributed by atoms with Gasteiger partial charge in [0.2, 0.25) is 10.0 Å². The van der Waals surface area contributed by atoms with Gasteiger partial charge in [0.25, 0.3) is 10.0 Å². The molecule has 2 aromatic carbocycles. The van der Waals surface area contributed by atoms with E-state index >= 15 is 0 Å². The number of rotatable bonds is 15. The van der Waals surface area contributed by atoms with Crippen LogP contribution in [0.5, 0.6) is 0 Å². The van der Waals surface area contributed by atoms with E-state index in [2.05, 4.69) is 16.6 Å². The van der Waals surface area contributed by atoms with Crippen molar-refractivity contribution < 1.29 is 26.4 Å². The molecule has 1 amide bonds. The fourth-order valence-corrected chi connectivity index (χ4v) is 7.31. The highest BCUT2D eigenvalue weighted by Crippen LogP contribution is 2.29. The molecule has 0 spiro atoms. The molecule has 0 fully saturated rings. The molecule has 2 N–H and O–H groups in total. The second-order valence-corrected chi connectivity index (χ2v) is 14.4. The van der Waals surface area contributed by atoms with E-state index in [-0.39, 0.29) is 17.3 Å². The van der Waals surface area contributed by atoms with E-state index in [1.165, 1.54) is 6.07 Å². The monoisotopic (exact) mass is 655 g/mol. The molecule has 242 valence electrons. The number of hydrogen-bond donors (Lipinski definition) is 2. The van der Waals surface area contributed by atoms with Gasteiger partial charge in [0.05, 0.1) is 35.7 Å². The quantitative estimate of drug-likeness (QED) is 0.145. The largest absolute Gasteiger partial charge is 0.449 e. The molecule has 2 heterocycles. The molecule has 2 aromatic heterocycles. The van der Waals surface area contributed by atoms with Crippen LogP contribution in [0.15, 0.2) is 59.6 Å². The molecule has 0 bridgehead atoms. The molecule has 4 aromatic rings. The summed E-state index contributed by atoms with van der Waals surface area (Å²) < 4.78 is 62.9. The summed E-state index contributed by atoms with van der Waals surface area (Å²) in [5, 5.41) is 0. The fraction of sp³-hybridized carbons (Fsp3) is 0.406. The Morgan fingerprint density at radius 2 is 1.64 bits per heavy atom. The lowest BCUT2D eigenvalue weighted by atomic mass is 10.0. The van der Waals surface area contributed by atoms with Gasteiger partial charge in [-0.2, -0.15) is 0 Å². The van der Waals surface area contributed by atoms with Crippen molar-refractivity contribution in [2.45, 2.75) is 77.7 Å². The number of amides is 1. The van der Waals surface area contributed by atoms with Crippen molar-refractivity contribution in [2.75, 3.05) is 17.1 Å². The zero-order valence-electron chi connectivity index (χ0n) is 26.2. The summed E-state index contributed by atoms with van der Waals surface area (Å²) in [5.74, 6) is 0.886. The number of unbranched alkanes of at least 4 members (excludes halogenated alkanes) is 2. The van der Waals surface area contributed by atoms with Crippen LogP contribution in [0.3, 0.4) is 0 Å². The third-order valence-electron chi connectivity index (χ3n) is 7.33. The van der Waals surface area contributed by atoms with Gasteiger partial charge in [-0.3, -0.25) is 4.72 Å². The SMILES string of the molecule is CCCCOC(=O)NS(=O)(=O)c1ccccc1-c1ccc(Cn2c(CCC)nc3c(C)c(NS(=O)(=O)CCCC)cnc32)cc1. The standard InChI is InChI=1S/C32H41N5O6S2/c1-5-8-19-43-32(38)36-45(41,42)28-14-11-10-13-26(28)25-17-15-24(16-18-25)22-37-29(12-7-3)34-30-23(4)27(21-33-31(30)37)35-44(39,40)20-9-6-2/h10-11,13-18,21,35H,5-9,12,19-20,22H2,1-4H3,(H,36,38). The predicted molar refractivity (Wildman–Crippen MR) is 176 cm³/mol. The number of fused-ring (bicyclic) bond motifs is 1. The van der Waals surface area contributed by atoms with Crippen LogP contribution >= 0.6 is 0 Å². The molecule has 11 nitrogen and oxygen atoms in total. The van der Waals surface area contributed by atoms with Crippen molar-refractivity contribution in [1.82, 2.24) is 19.3 Å². The van der Waals surface area contributed by atoms with Crippen LogP contribution in [0, 0.1) is 6.92 Å². The molecule has 0 atom stereocenters. The van der Waals surface area contributed by atoms with E-state index in [4.69, 9.17) is 9.72 Å². The second-order valence-electron chi connectivity index (χ2n) is 10.9. The van der Waals surface area contributed by atoms with Crippen LogP contribution in [-0.2, 0) is 37.7 Å². The Morgan fingerprint density at radius 1 is 0.933 bits per heavy atom. The number of carbonyl (C=O) groups is 1. The van der Waals surface area contributed by atoms with Crippen molar-refractivity contribution in [3.63, 3.8) is 0 Å². The number of benzene rings is 2. The number of aromatic nitrogens is 3.